The second-order valence-corrected chi connectivity index (χ2v) is 4.37. The zero-order valence-corrected chi connectivity index (χ0v) is 9.08. The van der Waals surface area contributed by atoms with E-state index >= 15 is 0 Å². The molecular weight excluding hydrogens is 204 g/mol. The first kappa shape index (κ1) is 10.7. The van der Waals surface area contributed by atoms with E-state index in [9.17, 15) is 0 Å². The van der Waals surface area contributed by atoms with Gasteiger partial charge in [0, 0.05) is 4.88 Å². The molecule has 0 aliphatic heterocycles. The summed E-state index contributed by atoms with van der Waals surface area (Å²) in [7, 11) is 0. The number of nitrogens with one attached hydrogen (secondary N) is 1. The van der Waals surface area contributed by atoms with Gasteiger partial charge >= 0.3 is 0 Å². The number of hydrazine groups is 1. The normalized spacial score (nSPS) is 12.8. The molecular formula is C9H13ClN2S. The maximum atomic E-state index is 5.98. The molecule has 0 saturated carbocycles. The molecule has 72 valence electrons. The van der Waals surface area contributed by atoms with Crippen LogP contribution < -0.4 is 11.3 Å². The Hall–Kier alpha value is -0.350. The lowest BCUT2D eigenvalue weighted by Crippen LogP contribution is -2.27. The van der Waals surface area contributed by atoms with E-state index in [0.29, 0.717) is 0 Å². The largest absolute Gasteiger partial charge is 0.271 e. The second kappa shape index (κ2) is 4.77. The molecule has 1 heterocycles. The van der Waals surface area contributed by atoms with Crippen molar-refractivity contribution in [2.75, 3.05) is 0 Å². The summed E-state index contributed by atoms with van der Waals surface area (Å²) >= 11 is 7.59. The van der Waals surface area contributed by atoms with Crippen LogP contribution in [-0.2, 0) is 0 Å². The van der Waals surface area contributed by atoms with Crippen LogP contribution in [0, 0.1) is 0 Å². The van der Waals surface area contributed by atoms with Gasteiger partial charge in [-0.3, -0.25) is 11.3 Å². The summed E-state index contributed by atoms with van der Waals surface area (Å²) in [5.74, 6) is 5.44. The monoisotopic (exact) mass is 216 g/mol. The van der Waals surface area contributed by atoms with Gasteiger partial charge in [0.2, 0.25) is 0 Å². The second-order valence-electron chi connectivity index (χ2n) is 3.01. The maximum absolute atomic E-state index is 5.98. The van der Waals surface area contributed by atoms with E-state index in [1.807, 2.05) is 18.4 Å². The van der Waals surface area contributed by atoms with Gasteiger partial charge in [-0.05, 0) is 24.8 Å². The molecule has 1 rings (SSSR count). The lowest BCUT2D eigenvalue weighted by atomic mass is 10.1. The molecule has 0 aromatic carbocycles. The first-order valence-corrected chi connectivity index (χ1v) is 5.24. The van der Waals surface area contributed by atoms with Crippen LogP contribution >= 0.6 is 22.9 Å². The highest BCUT2D eigenvalue weighted by Gasteiger charge is 2.14. The average molecular weight is 217 g/mol. The number of halogens is 1. The predicted octanol–water partition coefficient (Wildman–Crippen LogP) is 2.87. The van der Waals surface area contributed by atoms with Crippen molar-refractivity contribution in [3.63, 3.8) is 0 Å². The number of nitrogens with two attached hydrogens (primary N) is 1. The number of thiophene rings is 1. The Labute approximate surface area is 87.4 Å². The molecule has 3 N–H and O–H groups in total. The molecule has 0 amide bonds. The van der Waals surface area contributed by atoms with Crippen LogP contribution in [0.2, 0.25) is 5.02 Å². The lowest BCUT2D eigenvalue weighted by molar-refractivity contribution is 0.559. The van der Waals surface area contributed by atoms with Crippen molar-refractivity contribution < 1.29 is 0 Å². The van der Waals surface area contributed by atoms with Crippen molar-refractivity contribution in [2.45, 2.75) is 19.4 Å². The topological polar surface area (TPSA) is 38.0 Å². The van der Waals surface area contributed by atoms with Crippen molar-refractivity contribution >= 4 is 22.9 Å². The molecule has 0 bridgehead atoms. The quantitative estimate of drug-likeness (QED) is 0.462. The van der Waals surface area contributed by atoms with Gasteiger partial charge in [0.05, 0.1) is 11.1 Å². The van der Waals surface area contributed by atoms with Crippen molar-refractivity contribution in [1.82, 2.24) is 5.43 Å². The Balaban J connectivity index is 2.78. The molecule has 0 aliphatic carbocycles. The summed E-state index contributed by atoms with van der Waals surface area (Å²) in [6.07, 6.45) is 0.816. The highest BCUT2D eigenvalue weighted by Crippen LogP contribution is 2.31. The van der Waals surface area contributed by atoms with Crippen molar-refractivity contribution in [3.05, 3.63) is 33.5 Å². The molecule has 4 heteroatoms. The number of rotatable bonds is 4. The van der Waals surface area contributed by atoms with E-state index in [1.54, 1.807) is 11.3 Å². The highest BCUT2D eigenvalue weighted by molar-refractivity contribution is 7.10. The van der Waals surface area contributed by atoms with E-state index < -0.39 is 0 Å². The van der Waals surface area contributed by atoms with Gasteiger partial charge in [-0.2, -0.15) is 0 Å². The van der Waals surface area contributed by atoms with E-state index in [1.165, 1.54) is 0 Å². The molecule has 0 saturated heterocycles. The first-order chi connectivity index (χ1) is 6.15. The van der Waals surface area contributed by atoms with Gasteiger partial charge in [-0.1, -0.05) is 17.2 Å². The van der Waals surface area contributed by atoms with Crippen molar-refractivity contribution in [2.24, 2.45) is 5.84 Å². The highest BCUT2D eigenvalue weighted by atomic mass is 35.5. The van der Waals surface area contributed by atoms with E-state index in [-0.39, 0.29) is 6.04 Å². The Morgan fingerprint density at radius 2 is 2.54 bits per heavy atom. The molecule has 0 aliphatic rings. The van der Waals surface area contributed by atoms with Crippen molar-refractivity contribution in [1.29, 1.82) is 0 Å². The third-order valence-corrected chi connectivity index (χ3v) is 3.19. The zero-order valence-electron chi connectivity index (χ0n) is 7.51. The predicted molar refractivity (Wildman–Crippen MR) is 58.8 cm³/mol. The van der Waals surface area contributed by atoms with Crippen LogP contribution in [0.1, 0.15) is 24.3 Å². The van der Waals surface area contributed by atoms with Crippen LogP contribution in [0.15, 0.2) is 23.6 Å². The fraction of sp³-hybridized carbons (Fsp3) is 0.333. The standard InChI is InChI=1S/C9H13ClN2S/c1-6(2)5-8(12-11)9-7(10)3-4-13-9/h3-4,8,12H,1,5,11H2,2H3. The summed E-state index contributed by atoms with van der Waals surface area (Å²) in [6, 6.07) is 1.97. The average Bonchev–Trinajstić information content (AvgIpc) is 2.47. The Bertz CT molecular complexity index is 296. The Morgan fingerprint density at radius 3 is 2.92 bits per heavy atom. The molecule has 1 unspecified atom stereocenters. The fourth-order valence-corrected chi connectivity index (χ4v) is 2.38. The Morgan fingerprint density at radius 1 is 1.85 bits per heavy atom. The maximum Gasteiger partial charge on any atom is 0.0605 e. The van der Waals surface area contributed by atoms with Gasteiger partial charge in [-0.25, -0.2) is 0 Å². The molecule has 1 aromatic rings. The SMILES string of the molecule is C=C(C)CC(NN)c1sccc1Cl. The summed E-state index contributed by atoms with van der Waals surface area (Å²) in [5.41, 5.74) is 3.83. The summed E-state index contributed by atoms with van der Waals surface area (Å²) in [5, 5.41) is 2.73. The van der Waals surface area contributed by atoms with Crippen LogP contribution in [0.25, 0.3) is 0 Å². The van der Waals surface area contributed by atoms with Gasteiger partial charge in [0.1, 0.15) is 0 Å². The molecule has 1 atom stereocenters. The fourth-order valence-electron chi connectivity index (χ4n) is 1.13. The molecule has 1 aromatic heterocycles. The van der Waals surface area contributed by atoms with Crippen LogP contribution in [0.4, 0.5) is 0 Å². The van der Waals surface area contributed by atoms with E-state index in [2.05, 4.69) is 12.0 Å². The van der Waals surface area contributed by atoms with Crippen molar-refractivity contribution in [3.8, 4) is 0 Å². The molecule has 0 fully saturated rings. The van der Waals surface area contributed by atoms with Gasteiger partial charge in [-0.15, -0.1) is 17.9 Å². The Kier molecular flexibility index (Phi) is 3.93. The number of hydrogen-bond donors (Lipinski definition) is 2. The third-order valence-electron chi connectivity index (χ3n) is 1.72. The summed E-state index contributed by atoms with van der Waals surface area (Å²) in [6.45, 7) is 5.83. The molecule has 13 heavy (non-hydrogen) atoms. The lowest BCUT2D eigenvalue weighted by Gasteiger charge is -2.14. The number of hydrogen-bond acceptors (Lipinski definition) is 3. The van der Waals surface area contributed by atoms with Gasteiger partial charge in [0.15, 0.2) is 0 Å². The third kappa shape index (κ3) is 2.81. The van der Waals surface area contributed by atoms with Gasteiger partial charge in [0.25, 0.3) is 0 Å². The van der Waals surface area contributed by atoms with E-state index in [4.69, 9.17) is 17.4 Å². The van der Waals surface area contributed by atoms with E-state index in [0.717, 1.165) is 21.9 Å². The minimum Gasteiger partial charge on any atom is -0.271 e. The minimum absolute atomic E-state index is 0.0880. The smallest absolute Gasteiger partial charge is 0.0605 e. The van der Waals surface area contributed by atoms with Gasteiger partial charge < -0.3 is 0 Å². The van der Waals surface area contributed by atoms with Crippen LogP contribution in [0.5, 0.6) is 0 Å². The molecule has 2 nitrogen and oxygen atoms in total. The van der Waals surface area contributed by atoms with Crippen LogP contribution in [0.3, 0.4) is 0 Å². The summed E-state index contributed by atoms with van der Waals surface area (Å²) in [4.78, 5) is 1.08. The zero-order chi connectivity index (χ0) is 9.84. The molecule has 0 spiro atoms. The van der Waals surface area contributed by atoms with Crippen LogP contribution in [-0.4, -0.2) is 0 Å². The minimum atomic E-state index is 0.0880. The molecule has 0 radical (unpaired) electrons. The first-order valence-electron chi connectivity index (χ1n) is 3.98. The summed E-state index contributed by atoms with van der Waals surface area (Å²) < 4.78 is 0.